The van der Waals surface area contributed by atoms with Crippen LogP contribution in [0.5, 0.6) is 0 Å². The van der Waals surface area contributed by atoms with Crippen molar-refractivity contribution in [2.75, 3.05) is 13.7 Å². The molecule has 0 aliphatic rings. The Morgan fingerprint density at radius 2 is 2.38 bits per heavy atom. The molecule has 88 valence electrons. The summed E-state index contributed by atoms with van der Waals surface area (Å²) < 4.78 is 9.55. The van der Waals surface area contributed by atoms with E-state index in [1.54, 1.807) is 0 Å². The topological polar surface area (TPSA) is 117 Å². The van der Waals surface area contributed by atoms with Crippen molar-refractivity contribution < 1.29 is 23.7 Å². The summed E-state index contributed by atoms with van der Waals surface area (Å²) in [6.07, 6.45) is 0. The number of carbonyl (C=O) groups is 2. The molecule has 0 saturated carbocycles. The summed E-state index contributed by atoms with van der Waals surface area (Å²) in [5.74, 6) is -0.921. The Hall–Kier alpha value is -1.93. The monoisotopic (exact) mass is 229 g/mol. The Balaban J connectivity index is 2.43. The molecule has 1 aromatic heterocycles. The molecular formula is C8H11N3O5. The molecule has 8 nitrogen and oxygen atoms in total. The zero-order valence-corrected chi connectivity index (χ0v) is 8.56. The predicted octanol–water partition coefficient (Wildman–Crippen LogP) is -1.03. The minimum atomic E-state index is -0.694. The molecule has 1 rings (SSSR count). The van der Waals surface area contributed by atoms with Gasteiger partial charge in [0.15, 0.2) is 18.1 Å². The lowest BCUT2D eigenvalue weighted by Crippen LogP contribution is -2.29. The van der Waals surface area contributed by atoms with Crippen LogP contribution in [0.15, 0.2) is 10.6 Å². The molecule has 0 aliphatic carbocycles. The van der Waals surface area contributed by atoms with E-state index in [9.17, 15) is 9.59 Å². The smallest absolute Gasteiger partial charge is 0.297 e. The zero-order valence-electron chi connectivity index (χ0n) is 8.56. The van der Waals surface area contributed by atoms with Gasteiger partial charge in [-0.2, -0.15) is 0 Å². The van der Waals surface area contributed by atoms with Crippen molar-refractivity contribution in [1.82, 2.24) is 10.6 Å². The minimum Gasteiger partial charge on any atom is -0.377 e. The first-order valence-corrected chi connectivity index (χ1v) is 4.28. The van der Waals surface area contributed by atoms with E-state index < -0.39 is 18.4 Å². The molecular weight excluding hydrogens is 218 g/mol. The molecule has 0 fully saturated rings. The van der Waals surface area contributed by atoms with Gasteiger partial charge in [0.1, 0.15) is 6.61 Å². The standard InChI is InChI=1S/C8H11N3O5/c1-14-3-5-2-6(10-16-5)8(13)11-15-4-7(9)12/h2H,3-4H2,1H3,(H2,9,12)(H,11,13). The van der Waals surface area contributed by atoms with Crippen molar-refractivity contribution in [3.05, 3.63) is 17.5 Å². The van der Waals surface area contributed by atoms with Crippen LogP contribution in [0.25, 0.3) is 0 Å². The van der Waals surface area contributed by atoms with Crippen molar-refractivity contribution in [2.24, 2.45) is 5.73 Å². The number of carbonyl (C=O) groups excluding carboxylic acids is 2. The number of aromatic nitrogens is 1. The Kier molecular flexibility index (Phi) is 4.42. The second-order valence-electron chi connectivity index (χ2n) is 2.80. The lowest BCUT2D eigenvalue weighted by atomic mass is 10.3. The van der Waals surface area contributed by atoms with Crippen LogP contribution in [0, 0.1) is 0 Å². The third-order valence-corrected chi connectivity index (χ3v) is 1.46. The van der Waals surface area contributed by atoms with Crippen LogP contribution in [-0.4, -0.2) is 30.7 Å². The maximum atomic E-state index is 11.3. The molecule has 0 saturated heterocycles. The molecule has 2 amide bonds. The second kappa shape index (κ2) is 5.83. The van der Waals surface area contributed by atoms with Gasteiger partial charge < -0.3 is 15.0 Å². The summed E-state index contributed by atoms with van der Waals surface area (Å²) in [6, 6.07) is 1.40. The molecule has 0 unspecified atom stereocenters. The third kappa shape index (κ3) is 3.67. The molecule has 8 heteroatoms. The summed E-state index contributed by atoms with van der Waals surface area (Å²) >= 11 is 0. The molecule has 1 aromatic rings. The number of ether oxygens (including phenoxy) is 1. The Labute approximate surface area is 90.6 Å². The van der Waals surface area contributed by atoms with Crippen molar-refractivity contribution in [2.45, 2.75) is 6.61 Å². The fourth-order valence-corrected chi connectivity index (χ4v) is 0.855. The normalized spacial score (nSPS) is 10.1. The number of hydrogen-bond donors (Lipinski definition) is 2. The van der Waals surface area contributed by atoms with Crippen molar-refractivity contribution in [3.8, 4) is 0 Å². The molecule has 0 atom stereocenters. The summed E-state index contributed by atoms with van der Waals surface area (Å²) in [6.45, 7) is -0.197. The van der Waals surface area contributed by atoms with Gasteiger partial charge in [0, 0.05) is 13.2 Å². The van der Waals surface area contributed by atoms with E-state index in [0.29, 0.717) is 5.76 Å². The van der Waals surface area contributed by atoms with Crippen LogP contribution in [-0.2, 0) is 21.0 Å². The van der Waals surface area contributed by atoms with Gasteiger partial charge in [-0.15, -0.1) is 0 Å². The van der Waals surface area contributed by atoms with Crippen LogP contribution < -0.4 is 11.2 Å². The van der Waals surface area contributed by atoms with Crippen LogP contribution in [0.1, 0.15) is 16.2 Å². The minimum absolute atomic E-state index is 0.0246. The molecule has 0 spiro atoms. The summed E-state index contributed by atoms with van der Waals surface area (Å²) in [7, 11) is 1.48. The van der Waals surface area contributed by atoms with E-state index in [-0.39, 0.29) is 12.3 Å². The molecule has 3 N–H and O–H groups in total. The Morgan fingerprint density at radius 3 is 3.00 bits per heavy atom. The lowest BCUT2D eigenvalue weighted by molar-refractivity contribution is -0.124. The first-order valence-electron chi connectivity index (χ1n) is 4.28. The summed E-state index contributed by atoms with van der Waals surface area (Å²) in [4.78, 5) is 26.1. The number of nitrogens with zero attached hydrogens (tertiary/aromatic N) is 1. The number of amides is 2. The average molecular weight is 229 g/mol. The van der Waals surface area contributed by atoms with Gasteiger partial charge in [0.25, 0.3) is 5.91 Å². The summed E-state index contributed by atoms with van der Waals surface area (Å²) in [5, 5.41) is 3.47. The van der Waals surface area contributed by atoms with Gasteiger partial charge in [-0.1, -0.05) is 5.16 Å². The lowest BCUT2D eigenvalue weighted by Gasteiger charge is -1.99. The predicted molar refractivity (Wildman–Crippen MR) is 49.8 cm³/mol. The van der Waals surface area contributed by atoms with Crippen molar-refractivity contribution in [3.63, 3.8) is 0 Å². The fourth-order valence-electron chi connectivity index (χ4n) is 0.855. The van der Waals surface area contributed by atoms with Crippen LogP contribution >= 0.6 is 0 Å². The fraction of sp³-hybridized carbons (Fsp3) is 0.375. The number of primary amides is 1. The third-order valence-electron chi connectivity index (χ3n) is 1.46. The van der Waals surface area contributed by atoms with Crippen molar-refractivity contribution >= 4 is 11.8 Å². The van der Waals surface area contributed by atoms with E-state index >= 15 is 0 Å². The highest BCUT2D eigenvalue weighted by atomic mass is 16.7. The molecule has 0 aromatic carbocycles. The average Bonchev–Trinajstić information content (AvgIpc) is 2.66. The van der Waals surface area contributed by atoms with Gasteiger partial charge in [0.2, 0.25) is 5.91 Å². The Morgan fingerprint density at radius 1 is 1.62 bits per heavy atom. The van der Waals surface area contributed by atoms with Crippen LogP contribution in [0.4, 0.5) is 0 Å². The van der Waals surface area contributed by atoms with E-state index in [2.05, 4.69) is 9.99 Å². The maximum absolute atomic E-state index is 11.3. The number of methoxy groups -OCH3 is 1. The van der Waals surface area contributed by atoms with Crippen LogP contribution in [0.3, 0.4) is 0 Å². The largest absolute Gasteiger partial charge is 0.377 e. The summed E-state index contributed by atoms with van der Waals surface area (Å²) in [5.41, 5.74) is 6.80. The number of nitrogens with two attached hydrogens (primary N) is 1. The SMILES string of the molecule is COCc1cc(C(=O)NOCC(N)=O)no1. The van der Waals surface area contributed by atoms with Gasteiger partial charge >= 0.3 is 0 Å². The maximum Gasteiger partial charge on any atom is 0.297 e. The van der Waals surface area contributed by atoms with E-state index in [0.717, 1.165) is 0 Å². The highest BCUT2D eigenvalue weighted by Crippen LogP contribution is 2.04. The van der Waals surface area contributed by atoms with E-state index in [4.69, 9.17) is 15.0 Å². The van der Waals surface area contributed by atoms with Crippen molar-refractivity contribution in [1.29, 1.82) is 0 Å². The number of rotatable bonds is 6. The molecule has 16 heavy (non-hydrogen) atoms. The highest BCUT2D eigenvalue weighted by Gasteiger charge is 2.12. The number of hydroxylamine groups is 1. The van der Waals surface area contributed by atoms with Gasteiger partial charge in [0.05, 0.1) is 0 Å². The van der Waals surface area contributed by atoms with Crippen LogP contribution in [0.2, 0.25) is 0 Å². The molecule has 0 bridgehead atoms. The molecule has 1 heterocycles. The van der Waals surface area contributed by atoms with E-state index in [1.807, 2.05) is 5.48 Å². The first-order chi connectivity index (χ1) is 7.63. The number of hydrogen-bond acceptors (Lipinski definition) is 6. The first kappa shape index (κ1) is 12.1. The molecule has 0 radical (unpaired) electrons. The van der Waals surface area contributed by atoms with Gasteiger partial charge in [-0.3, -0.25) is 14.4 Å². The molecule has 0 aliphatic heterocycles. The quantitative estimate of drug-likeness (QED) is 0.602. The second-order valence-corrected chi connectivity index (χ2v) is 2.80. The van der Waals surface area contributed by atoms with Gasteiger partial charge in [-0.05, 0) is 0 Å². The Bertz CT molecular complexity index is 376. The zero-order chi connectivity index (χ0) is 12.0. The highest BCUT2D eigenvalue weighted by molar-refractivity contribution is 5.91. The van der Waals surface area contributed by atoms with Gasteiger partial charge in [-0.25, -0.2) is 5.48 Å². The number of nitrogens with one attached hydrogen (secondary N) is 1. The van der Waals surface area contributed by atoms with E-state index in [1.165, 1.54) is 13.2 Å².